The zero-order valence-corrected chi connectivity index (χ0v) is 21.0. The molecule has 1 amide bonds. The van der Waals surface area contributed by atoms with Gasteiger partial charge in [0.2, 0.25) is 0 Å². The van der Waals surface area contributed by atoms with Crippen LogP contribution in [0.1, 0.15) is 101 Å². The van der Waals surface area contributed by atoms with Gasteiger partial charge in [-0.2, -0.15) is 0 Å². The molecule has 0 fully saturated rings. The molecule has 0 atom stereocenters. The van der Waals surface area contributed by atoms with Gasteiger partial charge < -0.3 is 14.6 Å². The number of hydrogen-bond donors (Lipinski definition) is 1. The summed E-state index contributed by atoms with van der Waals surface area (Å²) in [6.45, 7) is 5.44. The first-order chi connectivity index (χ1) is 15.6. The van der Waals surface area contributed by atoms with Crippen molar-refractivity contribution in [3.05, 3.63) is 35.0 Å². The monoisotopic (exact) mass is 462 g/mol. The molecule has 0 aliphatic carbocycles. The van der Waals surface area contributed by atoms with Crippen molar-refractivity contribution in [1.82, 2.24) is 10.2 Å². The van der Waals surface area contributed by atoms with Gasteiger partial charge in [-0.05, 0) is 51.5 Å². The van der Waals surface area contributed by atoms with Crippen molar-refractivity contribution in [3.63, 3.8) is 0 Å². The van der Waals surface area contributed by atoms with E-state index in [9.17, 15) is 4.79 Å². The highest BCUT2D eigenvalue weighted by Crippen LogP contribution is 2.24. The average molecular weight is 463 g/mol. The lowest BCUT2D eigenvalue weighted by atomic mass is 10.1. The van der Waals surface area contributed by atoms with Gasteiger partial charge in [0.1, 0.15) is 11.8 Å². The van der Waals surface area contributed by atoms with E-state index in [4.69, 9.17) is 16.0 Å². The minimum atomic E-state index is -0.0740. The molecule has 0 bridgehead atoms. The molecular formula is C27H43ClN2O2. The molecule has 4 nitrogen and oxygen atoms in total. The summed E-state index contributed by atoms with van der Waals surface area (Å²) in [6.07, 6.45) is 18.5. The maximum Gasteiger partial charge on any atom is 0.255 e. The summed E-state index contributed by atoms with van der Waals surface area (Å²) in [5, 5.41) is 4.43. The first kappa shape index (κ1) is 26.7. The maximum atomic E-state index is 12.4. The molecule has 0 radical (unpaired) electrons. The van der Waals surface area contributed by atoms with Crippen molar-refractivity contribution >= 4 is 28.5 Å². The number of halogens is 1. The fourth-order valence-corrected chi connectivity index (χ4v) is 4.30. The van der Waals surface area contributed by atoms with Crippen molar-refractivity contribution in [2.45, 2.75) is 90.4 Å². The maximum absolute atomic E-state index is 12.4. The molecule has 0 aliphatic heterocycles. The largest absolute Gasteiger partial charge is 0.463 e. The van der Waals surface area contributed by atoms with Crippen LogP contribution in [-0.2, 0) is 0 Å². The number of fused-ring (bicyclic) bond motifs is 1. The Hall–Kier alpha value is -1.52. The van der Waals surface area contributed by atoms with Gasteiger partial charge >= 0.3 is 0 Å². The molecule has 0 unspecified atom stereocenters. The molecular weight excluding hydrogens is 420 g/mol. The molecule has 0 saturated heterocycles. The van der Waals surface area contributed by atoms with E-state index >= 15 is 0 Å². The van der Waals surface area contributed by atoms with Crippen LogP contribution >= 0.6 is 11.6 Å². The Bertz CT molecular complexity index is 774. The molecule has 0 saturated carbocycles. The lowest BCUT2D eigenvalue weighted by Crippen LogP contribution is -2.24. The molecule has 32 heavy (non-hydrogen) atoms. The van der Waals surface area contributed by atoms with Gasteiger partial charge in [0, 0.05) is 23.0 Å². The lowest BCUT2D eigenvalue weighted by molar-refractivity contribution is 0.0953. The number of carbonyl (C=O) groups is 1. The summed E-state index contributed by atoms with van der Waals surface area (Å²) < 4.78 is 5.45. The number of hydrogen-bond acceptors (Lipinski definition) is 3. The highest BCUT2D eigenvalue weighted by molar-refractivity contribution is 6.31. The van der Waals surface area contributed by atoms with Crippen LogP contribution in [0.15, 0.2) is 28.9 Å². The standard InChI is InChI=1S/C27H43ClN2O2/c1-3-4-5-6-8-11-14-19-30(2)20-15-12-9-7-10-13-18-29-27(31)25-22-32-26-21-23(28)16-17-24(25)26/h16-17,21-22H,3-15,18-20H2,1-2H3,(H,29,31). The van der Waals surface area contributed by atoms with Crippen molar-refractivity contribution in [1.29, 1.82) is 0 Å². The van der Waals surface area contributed by atoms with Crippen LogP contribution < -0.4 is 5.32 Å². The van der Waals surface area contributed by atoms with Gasteiger partial charge in [-0.15, -0.1) is 0 Å². The fraction of sp³-hybridized carbons (Fsp3) is 0.667. The Labute approximate surface area is 200 Å². The van der Waals surface area contributed by atoms with Crippen LogP contribution in [0.25, 0.3) is 11.0 Å². The normalized spacial score (nSPS) is 11.5. The molecule has 5 heteroatoms. The summed E-state index contributed by atoms with van der Waals surface area (Å²) in [4.78, 5) is 14.9. The van der Waals surface area contributed by atoms with E-state index in [0.717, 1.165) is 18.2 Å². The molecule has 0 aliphatic rings. The summed E-state index contributed by atoms with van der Waals surface area (Å²) in [5.74, 6) is -0.0740. The summed E-state index contributed by atoms with van der Waals surface area (Å²) in [5.41, 5.74) is 1.23. The quantitative estimate of drug-likeness (QED) is 0.229. The van der Waals surface area contributed by atoms with Crippen LogP contribution in [0.3, 0.4) is 0 Å². The predicted octanol–water partition coefficient (Wildman–Crippen LogP) is 7.84. The van der Waals surface area contributed by atoms with Crippen molar-refractivity contribution < 1.29 is 9.21 Å². The SMILES string of the molecule is CCCCCCCCCN(C)CCCCCCCCNC(=O)c1coc2cc(Cl)ccc12. The summed E-state index contributed by atoms with van der Waals surface area (Å²) >= 11 is 5.97. The number of unbranched alkanes of at least 4 members (excludes halogenated alkanes) is 11. The molecule has 180 valence electrons. The lowest BCUT2D eigenvalue weighted by Gasteiger charge is -2.16. The predicted molar refractivity (Wildman–Crippen MR) is 137 cm³/mol. The van der Waals surface area contributed by atoms with Gasteiger partial charge in [0.25, 0.3) is 5.91 Å². The Morgan fingerprint density at radius 2 is 1.50 bits per heavy atom. The number of nitrogens with one attached hydrogen (secondary N) is 1. The van der Waals surface area contributed by atoms with Gasteiger partial charge in [0.05, 0.1) is 5.56 Å². The second-order valence-corrected chi connectivity index (χ2v) is 9.53. The van der Waals surface area contributed by atoms with Crippen molar-refractivity contribution in [3.8, 4) is 0 Å². The molecule has 1 heterocycles. The van der Waals surface area contributed by atoms with E-state index in [1.54, 1.807) is 12.1 Å². The molecule has 2 rings (SSSR count). The van der Waals surface area contributed by atoms with Gasteiger partial charge in [-0.3, -0.25) is 4.79 Å². The van der Waals surface area contributed by atoms with E-state index in [0.29, 0.717) is 22.7 Å². The van der Waals surface area contributed by atoms with E-state index in [1.807, 2.05) is 6.07 Å². The van der Waals surface area contributed by atoms with E-state index < -0.39 is 0 Å². The number of carbonyl (C=O) groups excluding carboxylic acids is 1. The Morgan fingerprint density at radius 3 is 2.16 bits per heavy atom. The zero-order valence-electron chi connectivity index (χ0n) is 20.3. The number of nitrogens with zero attached hydrogens (tertiary/aromatic N) is 1. The molecule has 2 aromatic rings. The first-order valence-electron chi connectivity index (χ1n) is 12.7. The Kier molecular flexibility index (Phi) is 13.5. The summed E-state index contributed by atoms with van der Waals surface area (Å²) in [6, 6.07) is 5.35. The topological polar surface area (TPSA) is 45.5 Å². The number of amides is 1. The van der Waals surface area contributed by atoms with E-state index in [-0.39, 0.29) is 5.91 Å². The zero-order chi connectivity index (χ0) is 23.0. The van der Waals surface area contributed by atoms with Crippen LogP contribution in [0, 0.1) is 0 Å². The number of benzene rings is 1. The molecule has 1 N–H and O–H groups in total. The molecule has 1 aromatic carbocycles. The Balaban J connectivity index is 1.42. The van der Waals surface area contributed by atoms with Crippen LogP contribution in [-0.4, -0.2) is 37.5 Å². The number of rotatable bonds is 18. The second-order valence-electron chi connectivity index (χ2n) is 9.09. The Morgan fingerprint density at radius 1 is 0.906 bits per heavy atom. The van der Waals surface area contributed by atoms with Crippen LogP contribution in [0.4, 0.5) is 0 Å². The number of furan rings is 1. The van der Waals surface area contributed by atoms with Crippen LogP contribution in [0.2, 0.25) is 5.02 Å². The van der Waals surface area contributed by atoms with Gasteiger partial charge in [-0.1, -0.05) is 82.7 Å². The summed E-state index contributed by atoms with van der Waals surface area (Å²) in [7, 11) is 2.26. The van der Waals surface area contributed by atoms with Gasteiger partial charge in [-0.25, -0.2) is 0 Å². The first-order valence-corrected chi connectivity index (χ1v) is 13.1. The third-order valence-electron chi connectivity index (χ3n) is 6.18. The average Bonchev–Trinajstić information content (AvgIpc) is 3.20. The second kappa shape index (κ2) is 16.1. The molecule has 1 aromatic heterocycles. The minimum Gasteiger partial charge on any atom is -0.463 e. The van der Waals surface area contributed by atoms with Crippen LogP contribution in [0.5, 0.6) is 0 Å². The van der Waals surface area contributed by atoms with Gasteiger partial charge in [0.15, 0.2) is 0 Å². The fourth-order valence-electron chi connectivity index (χ4n) is 4.14. The van der Waals surface area contributed by atoms with E-state index in [1.165, 1.54) is 90.0 Å². The minimum absolute atomic E-state index is 0.0740. The highest BCUT2D eigenvalue weighted by atomic mass is 35.5. The van der Waals surface area contributed by atoms with Crippen molar-refractivity contribution in [2.24, 2.45) is 0 Å². The smallest absolute Gasteiger partial charge is 0.255 e. The van der Waals surface area contributed by atoms with Crippen molar-refractivity contribution in [2.75, 3.05) is 26.7 Å². The van der Waals surface area contributed by atoms with E-state index in [2.05, 4.69) is 24.2 Å². The third kappa shape index (κ3) is 10.4. The molecule has 0 spiro atoms. The third-order valence-corrected chi connectivity index (χ3v) is 6.41. The highest BCUT2D eigenvalue weighted by Gasteiger charge is 2.13.